The van der Waals surface area contributed by atoms with Crippen molar-refractivity contribution in [3.8, 4) is 11.4 Å². The Balaban J connectivity index is 1.38. The normalized spacial score (nSPS) is 12.4. The molecule has 0 radical (unpaired) electrons. The standard InChI is InChI=1S/C25H23N5OS/c1-2-15-29-24(18-11-13-26-14-12-18)27-28-25(29)32-17-19(31)16-30-22-9-5-3-7-20(22)21-8-4-6-10-23(21)30/h2-14,19,31H,1,15-17H2. The van der Waals surface area contributed by atoms with Crippen LogP contribution in [0.15, 0.2) is 90.9 Å². The van der Waals surface area contributed by atoms with E-state index in [9.17, 15) is 5.11 Å². The molecule has 1 N–H and O–H groups in total. The minimum atomic E-state index is -0.544. The molecule has 0 bridgehead atoms. The molecule has 1 unspecified atom stereocenters. The largest absolute Gasteiger partial charge is 0.390 e. The summed E-state index contributed by atoms with van der Waals surface area (Å²) in [6.45, 7) is 4.96. The summed E-state index contributed by atoms with van der Waals surface area (Å²) < 4.78 is 4.22. The predicted molar refractivity (Wildman–Crippen MR) is 130 cm³/mol. The Morgan fingerprint density at radius 2 is 1.56 bits per heavy atom. The van der Waals surface area contributed by atoms with Gasteiger partial charge < -0.3 is 9.67 Å². The quantitative estimate of drug-likeness (QED) is 0.277. The molecule has 160 valence electrons. The Kier molecular flexibility index (Phi) is 5.75. The van der Waals surface area contributed by atoms with Crippen molar-refractivity contribution in [3.05, 3.63) is 85.7 Å². The molecule has 5 rings (SSSR count). The number of benzene rings is 2. The molecule has 0 spiro atoms. The summed E-state index contributed by atoms with van der Waals surface area (Å²) in [4.78, 5) is 4.07. The molecule has 0 saturated heterocycles. The van der Waals surface area contributed by atoms with Crippen molar-refractivity contribution < 1.29 is 5.11 Å². The van der Waals surface area contributed by atoms with Gasteiger partial charge in [-0.3, -0.25) is 9.55 Å². The molecule has 5 aromatic rings. The Bertz CT molecular complexity index is 1320. The fourth-order valence-corrected chi connectivity index (χ4v) is 4.90. The van der Waals surface area contributed by atoms with Crippen molar-refractivity contribution in [2.24, 2.45) is 0 Å². The molecule has 3 heterocycles. The lowest BCUT2D eigenvalue weighted by Gasteiger charge is -2.14. The number of thioether (sulfide) groups is 1. The second-order valence-corrected chi connectivity index (χ2v) is 8.54. The molecule has 2 aromatic carbocycles. The van der Waals surface area contributed by atoms with Gasteiger partial charge in [0.1, 0.15) is 0 Å². The molecule has 7 heteroatoms. The lowest BCUT2D eigenvalue weighted by molar-refractivity contribution is 0.181. The number of aliphatic hydroxyl groups excluding tert-OH is 1. The Morgan fingerprint density at radius 1 is 0.906 bits per heavy atom. The van der Waals surface area contributed by atoms with E-state index in [1.807, 2.05) is 34.9 Å². The highest BCUT2D eigenvalue weighted by Crippen LogP contribution is 2.30. The smallest absolute Gasteiger partial charge is 0.191 e. The summed E-state index contributed by atoms with van der Waals surface area (Å²) >= 11 is 1.51. The van der Waals surface area contributed by atoms with E-state index in [1.165, 1.54) is 22.5 Å². The molecule has 0 saturated carbocycles. The zero-order chi connectivity index (χ0) is 21.9. The van der Waals surface area contributed by atoms with Crippen LogP contribution in [0.4, 0.5) is 0 Å². The maximum Gasteiger partial charge on any atom is 0.191 e. The third-order valence-electron chi connectivity index (χ3n) is 5.45. The van der Waals surface area contributed by atoms with Crippen molar-refractivity contribution in [2.45, 2.75) is 24.3 Å². The first kappa shape index (κ1) is 20.5. The van der Waals surface area contributed by atoms with E-state index < -0.39 is 6.10 Å². The van der Waals surface area contributed by atoms with Crippen molar-refractivity contribution in [1.29, 1.82) is 0 Å². The number of hydrogen-bond acceptors (Lipinski definition) is 5. The van der Waals surface area contributed by atoms with Crippen LogP contribution in [0.5, 0.6) is 0 Å². The number of rotatable bonds is 8. The van der Waals surface area contributed by atoms with E-state index in [0.717, 1.165) is 27.6 Å². The Hall–Kier alpha value is -3.42. The molecule has 0 amide bonds. The van der Waals surface area contributed by atoms with Gasteiger partial charge in [0.2, 0.25) is 0 Å². The van der Waals surface area contributed by atoms with E-state index >= 15 is 0 Å². The van der Waals surface area contributed by atoms with Gasteiger partial charge in [-0.2, -0.15) is 0 Å². The summed E-state index contributed by atoms with van der Waals surface area (Å²) in [5.41, 5.74) is 3.21. The number of nitrogens with zero attached hydrogens (tertiary/aromatic N) is 5. The van der Waals surface area contributed by atoms with E-state index in [2.05, 4.69) is 62.7 Å². The van der Waals surface area contributed by atoms with Gasteiger partial charge in [-0.25, -0.2) is 0 Å². The highest BCUT2D eigenvalue weighted by Gasteiger charge is 2.17. The second-order valence-electron chi connectivity index (χ2n) is 7.55. The monoisotopic (exact) mass is 441 g/mol. The molecule has 1 atom stereocenters. The van der Waals surface area contributed by atoms with Crippen LogP contribution < -0.4 is 0 Å². The van der Waals surface area contributed by atoms with Crippen LogP contribution in [0, 0.1) is 0 Å². The lowest BCUT2D eigenvalue weighted by atomic mass is 10.2. The molecule has 0 aliphatic rings. The maximum atomic E-state index is 10.9. The molecular formula is C25H23N5OS. The molecule has 3 aromatic heterocycles. The van der Waals surface area contributed by atoms with Gasteiger partial charge in [0.15, 0.2) is 11.0 Å². The molecule has 6 nitrogen and oxygen atoms in total. The highest BCUT2D eigenvalue weighted by atomic mass is 32.2. The van der Waals surface area contributed by atoms with Crippen molar-refractivity contribution in [3.63, 3.8) is 0 Å². The fourth-order valence-electron chi connectivity index (χ4n) is 4.04. The minimum absolute atomic E-state index is 0.506. The van der Waals surface area contributed by atoms with Gasteiger partial charge in [-0.15, -0.1) is 16.8 Å². The van der Waals surface area contributed by atoms with E-state index in [1.54, 1.807) is 12.4 Å². The van der Waals surface area contributed by atoms with Crippen molar-refractivity contribution in [2.75, 3.05) is 5.75 Å². The van der Waals surface area contributed by atoms with Gasteiger partial charge >= 0.3 is 0 Å². The zero-order valence-corrected chi connectivity index (χ0v) is 18.3. The lowest BCUT2D eigenvalue weighted by Crippen LogP contribution is -2.18. The van der Waals surface area contributed by atoms with Crippen LogP contribution >= 0.6 is 11.8 Å². The second kappa shape index (κ2) is 8.98. The first-order valence-electron chi connectivity index (χ1n) is 10.5. The maximum absolute atomic E-state index is 10.9. The van der Waals surface area contributed by atoms with Gasteiger partial charge in [0.25, 0.3) is 0 Å². The van der Waals surface area contributed by atoms with E-state index in [4.69, 9.17) is 0 Å². The van der Waals surface area contributed by atoms with Gasteiger partial charge in [-0.05, 0) is 24.3 Å². The minimum Gasteiger partial charge on any atom is -0.390 e. The summed E-state index contributed by atoms with van der Waals surface area (Å²) in [5.74, 6) is 1.28. The predicted octanol–water partition coefficient (Wildman–Crippen LogP) is 4.79. The molecule has 0 aliphatic carbocycles. The molecule has 0 aliphatic heterocycles. The first-order chi connectivity index (χ1) is 15.8. The Labute approximate surface area is 190 Å². The number of para-hydroxylation sites is 2. The van der Waals surface area contributed by atoms with Gasteiger partial charge in [-0.1, -0.05) is 54.2 Å². The number of aliphatic hydroxyl groups is 1. The van der Waals surface area contributed by atoms with Crippen LogP contribution in [0.3, 0.4) is 0 Å². The SMILES string of the molecule is C=CCn1c(SCC(O)Cn2c3ccccc3c3ccccc32)nnc1-c1ccncc1. The molecule has 0 fully saturated rings. The highest BCUT2D eigenvalue weighted by molar-refractivity contribution is 7.99. The third kappa shape index (κ3) is 3.81. The van der Waals surface area contributed by atoms with Crippen LogP contribution in [0.1, 0.15) is 0 Å². The summed E-state index contributed by atoms with van der Waals surface area (Å²) in [6.07, 6.45) is 4.76. The first-order valence-corrected chi connectivity index (χ1v) is 11.5. The van der Waals surface area contributed by atoms with Gasteiger partial charge in [0, 0.05) is 52.1 Å². The van der Waals surface area contributed by atoms with Crippen molar-refractivity contribution >= 4 is 33.6 Å². The third-order valence-corrected chi connectivity index (χ3v) is 6.56. The number of aromatic nitrogens is 5. The van der Waals surface area contributed by atoms with E-state index in [0.29, 0.717) is 18.8 Å². The summed E-state index contributed by atoms with van der Waals surface area (Å²) in [5, 5.41) is 22.8. The number of pyridine rings is 1. The fraction of sp³-hybridized carbons (Fsp3) is 0.160. The number of hydrogen-bond donors (Lipinski definition) is 1. The van der Waals surface area contributed by atoms with Crippen LogP contribution in [-0.4, -0.2) is 41.3 Å². The zero-order valence-electron chi connectivity index (χ0n) is 17.5. The molecular weight excluding hydrogens is 418 g/mol. The average Bonchev–Trinajstić information content (AvgIpc) is 3.38. The average molecular weight is 442 g/mol. The number of allylic oxidation sites excluding steroid dienone is 1. The summed E-state index contributed by atoms with van der Waals surface area (Å²) in [6, 6.07) is 20.5. The summed E-state index contributed by atoms with van der Waals surface area (Å²) in [7, 11) is 0. The Morgan fingerprint density at radius 3 is 2.22 bits per heavy atom. The van der Waals surface area contributed by atoms with Crippen LogP contribution in [-0.2, 0) is 13.1 Å². The molecule has 32 heavy (non-hydrogen) atoms. The topological polar surface area (TPSA) is 68.8 Å². The van der Waals surface area contributed by atoms with Crippen LogP contribution in [0.2, 0.25) is 0 Å². The van der Waals surface area contributed by atoms with Crippen molar-refractivity contribution in [1.82, 2.24) is 24.3 Å². The number of fused-ring (bicyclic) bond motifs is 3. The van der Waals surface area contributed by atoms with Crippen LogP contribution in [0.25, 0.3) is 33.2 Å². The van der Waals surface area contributed by atoms with E-state index in [-0.39, 0.29) is 0 Å². The van der Waals surface area contributed by atoms with Gasteiger partial charge in [0.05, 0.1) is 12.6 Å².